The fourth-order valence-electron chi connectivity index (χ4n) is 1.51. The van der Waals surface area contributed by atoms with E-state index in [1.165, 1.54) is 0 Å². The van der Waals surface area contributed by atoms with Crippen molar-refractivity contribution < 1.29 is 4.79 Å². The zero-order valence-corrected chi connectivity index (χ0v) is 8.68. The molecule has 2 heteroatoms. The Bertz CT molecular complexity index is 250. The van der Waals surface area contributed by atoms with Crippen LogP contribution in [0.4, 0.5) is 0 Å². The topological polar surface area (TPSA) is 40.9 Å². The van der Waals surface area contributed by atoms with Crippen molar-refractivity contribution in [3.05, 3.63) is 0 Å². The van der Waals surface area contributed by atoms with Crippen molar-refractivity contribution in [1.82, 2.24) is 0 Å². The lowest BCUT2D eigenvalue weighted by Gasteiger charge is -2.17. The quantitative estimate of drug-likeness (QED) is 0.668. The average Bonchev–Trinajstić information content (AvgIpc) is 2.65. The van der Waals surface area contributed by atoms with Gasteiger partial charge in [0.25, 0.3) is 0 Å². The smallest absolute Gasteiger partial charge is 0.135 e. The van der Waals surface area contributed by atoms with E-state index in [9.17, 15) is 4.79 Å². The standard InChI is InChI=1S/C11H17NO/c1-10(2,3)6-9(13)7-11(8-12)4-5-11/h4-7H2,1-3H3. The Balaban J connectivity index is 2.40. The highest BCUT2D eigenvalue weighted by molar-refractivity contribution is 5.80. The van der Waals surface area contributed by atoms with Crippen LogP contribution in [-0.4, -0.2) is 5.78 Å². The van der Waals surface area contributed by atoms with Gasteiger partial charge in [-0.05, 0) is 18.3 Å². The zero-order chi connectivity index (χ0) is 10.1. The molecule has 0 radical (unpaired) electrons. The largest absolute Gasteiger partial charge is 0.300 e. The summed E-state index contributed by atoms with van der Waals surface area (Å²) in [6.45, 7) is 6.16. The lowest BCUT2D eigenvalue weighted by atomic mass is 9.86. The minimum absolute atomic E-state index is 0.0582. The number of ketones is 1. The van der Waals surface area contributed by atoms with Crippen LogP contribution in [0.5, 0.6) is 0 Å². The molecule has 0 aliphatic heterocycles. The van der Waals surface area contributed by atoms with E-state index in [1.807, 2.05) is 0 Å². The summed E-state index contributed by atoms with van der Waals surface area (Å²) in [7, 11) is 0. The van der Waals surface area contributed by atoms with Gasteiger partial charge in [-0.15, -0.1) is 0 Å². The maximum Gasteiger partial charge on any atom is 0.135 e. The first kappa shape index (κ1) is 10.2. The average molecular weight is 179 g/mol. The number of hydrogen-bond donors (Lipinski definition) is 0. The van der Waals surface area contributed by atoms with Gasteiger partial charge < -0.3 is 0 Å². The number of carbonyl (C=O) groups excluding carboxylic acids is 1. The van der Waals surface area contributed by atoms with E-state index >= 15 is 0 Å². The predicted octanol–water partition coefficient (Wildman–Crippen LogP) is 2.69. The molecule has 0 aromatic carbocycles. The van der Waals surface area contributed by atoms with E-state index in [0.717, 1.165) is 12.8 Å². The predicted molar refractivity (Wildman–Crippen MR) is 51.0 cm³/mol. The number of Topliss-reactive ketones (excluding diaryl/α,β-unsaturated/α-hetero) is 1. The van der Waals surface area contributed by atoms with Gasteiger partial charge in [0, 0.05) is 12.8 Å². The lowest BCUT2D eigenvalue weighted by molar-refractivity contribution is -0.121. The maximum atomic E-state index is 11.5. The Morgan fingerprint density at radius 3 is 2.31 bits per heavy atom. The van der Waals surface area contributed by atoms with Gasteiger partial charge in [0.1, 0.15) is 5.78 Å². The fraction of sp³-hybridized carbons (Fsp3) is 0.818. The molecule has 0 bridgehead atoms. The number of nitrogens with zero attached hydrogens (tertiary/aromatic N) is 1. The molecule has 1 saturated carbocycles. The fourth-order valence-corrected chi connectivity index (χ4v) is 1.51. The molecule has 1 aliphatic rings. The molecule has 1 aliphatic carbocycles. The molecule has 2 nitrogen and oxygen atoms in total. The van der Waals surface area contributed by atoms with E-state index < -0.39 is 0 Å². The molecular weight excluding hydrogens is 162 g/mol. The first-order chi connectivity index (χ1) is 5.87. The minimum atomic E-state index is -0.262. The van der Waals surface area contributed by atoms with E-state index in [1.54, 1.807) is 0 Å². The van der Waals surface area contributed by atoms with Gasteiger partial charge in [0.05, 0.1) is 11.5 Å². The van der Waals surface area contributed by atoms with Crippen molar-refractivity contribution in [2.45, 2.75) is 46.5 Å². The first-order valence-electron chi connectivity index (χ1n) is 4.80. The van der Waals surface area contributed by atoms with Crippen LogP contribution in [0.25, 0.3) is 0 Å². The third-order valence-electron chi connectivity index (χ3n) is 2.35. The molecule has 0 amide bonds. The normalized spacial score (nSPS) is 19.2. The highest BCUT2D eigenvalue weighted by Gasteiger charge is 2.44. The van der Waals surface area contributed by atoms with Crippen molar-refractivity contribution in [1.29, 1.82) is 5.26 Å². The summed E-state index contributed by atoms with van der Waals surface area (Å²) in [5.74, 6) is 0.242. The Hall–Kier alpha value is -0.840. The second kappa shape index (κ2) is 3.14. The lowest BCUT2D eigenvalue weighted by Crippen LogP contribution is -2.15. The number of nitriles is 1. The van der Waals surface area contributed by atoms with Crippen molar-refractivity contribution in [2.24, 2.45) is 10.8 Å². The number of hydrogen-bond acceptors (Lipinski definition) is 2. The Kier molecular flexibility index (Phi) is 2.47. The van der Waals surface area contributed by atoms with Crippen LogP contribution in [0.2, 0.25) is 0 Å². The van der Waals surface area contributed by atoms with E-state index in [4.69, 9.17) is 5.26 Å². The first-order valence-corrected chi connectivity index (χ1v) is 4.80. The molecule has 0 atom stereocenters. The molecule has 13 heavy (non-hydrogen) atoms. The van der Waals surface area contributed by atoms with Crippen LogP contribution in [0.1, 0.15) is 46.5 Å². The van der Waals surface area contributed by atoms with Crippen molar-refractivity contribution >= 4 is 5.78 Å². The van der Waals surface area contributed by atoms with Gasteiger partial charge in [-0.2, -0.15) is 5.26 Å². The second-order valence-electron chi connectivity index (χ2n) is 5.35. The number of rotatable bonds is 3. The van der Waals surface area contributed by atoms with Crippen LogP contribution in [0.3, 0.4) is 0 Å². The molecule has 0 N–H and O–H groups in total. The third-order valence-corrected chi connectivity index (χ3v) is 2.35. The molecular formula is C11H17NO. The molecule has 1 rings (SSSR count). The van der Waals surface area contributed by atoms with Gasteiger partial charge in [-0.1, -0.05) is 20.8 Å². The summed E-state index contributed by atoms with van der Waals surface area (Å²) in [5.41, 5.74) is -0.203. The van der Waals surface area contributed by atoms with Gasteiger partial charge in [0.15, 0.2) is 0 Å². The van der Waals surface area contributed by atoms with Crippen molar-refractivity contribution in [3.63, 3.8) is 0 Å². The minimum Gasteiger partial charge on any atom is -0.300 e. The van der Waals surface area contributed by atoms with Gasteiger partial charge in [-0.3, -0.25) is 4.79 Å². The SMILES string of the molecule is CC(C)(C)CC(=O)CC1(C#N)CC1. The van der Waals surface area contributed by atoms with Crippen LogP contribution >= 0.6 is 0 Å². The highest BCUT2D eigenvalue weighted by atomic mass is 16.1. The maximum absolute atomic E-state index is 11.5. The van der Waals surface area contributed by atoms with Crippen LogP contribution in [0, 0.1) is 22.2 Å². The highest BCUT2D eigenvalue weighted by Crippen LogP contribution is 2.48. The number of carbonyl (C=O) groups is 1. The molecule has 0 aromatic rings. The molecule has 0 unspecified atom stereocenters. The molecule has 0 aromatic heterocycles. The molecule has 1 fully saturated rings. The monoisotopic (exact) mass is 179 g/mol. The Morgan fingerprint density at radius 2 is 2.00 bits per heavy atom. The summed E-state index contributed by atoms with van der Waals surface area (Å²) < 4.78 is 0. The van der Waals surface area contributed by atoms with E-state index in [0.29, 0.717) is 12.8 Å². The zero-order valence-electron chi connectivity index (χ0n) is 8.68. The molecule has 0 heterocycles. The summed E-state index contributed by atoms with van der Waals surface area (Å²) in [6.07, 6.45) is 2.90. The third kappa shape index (κ3) is 3.18. The van der Waals surface area contributed by atoms with Crippen LogP contribution in [0.15, 0.2) is 0 Å². The van der Waals surface area contributed by atoms with Gasteiger partial charge in [0.2, 0.25) is 0 Å². The van der Waals surface area contributed by atoms with Gasteiger partial charge in [-0.25, -0.2) is 0 Å². The summed E-state index contributed by atoms with van der Waals surface area (Å²) in [4.78, 5) is 11.5. The molecule has 72 valence electrons. The van der Waals surface area contributed by atoms with E-state index in [2.05, 4.69) is 26.8 Å². The van der Waals surface area contributed by atoms with Crippen molar-refractivity contribution in [3.8, 4) is 6.07 Å². The van der Waals surface area contributed by atoms with Gasteiger partial charge >= 0.3 is 0 Å². The van der Waals surface area contributed by atoms with Crippen molar-refractivity contribution in [2.75, 3.05) is 0 Å². The molecule has 0 spiro atoms. The second-order valence-corrected chi connectivity index (χ2v) is 5.35. The molecule has 0 saturated heterocycles. The summed E-state index contributed by atoms with van der Waals surface area (Å²) in [5, 5.41) is 8.80. The van der Waals surface area contributed by atoms with Crippen LogP contribution < -0.4 is 0 Å². The Labute approximate surface area is 79.9 Å². The van der Waals surface area contributed by atoms with Crippen LogP contribution in [-0.2, 0) is 4.79 Å². The summed E-state index contributed by atoms with van der Waals surface area (Å²) >= 11 is 0. The van der Waals surface area contributed by atoms with E-state index in [-0.39, 0.29) is 16.6 Å². The Morgan fingerprint density at radius 1 is 1.46 bits per heavy atom. The summed E-state index contributed by atoms with van der Waals surface area (Å²) in [6, 6.07) is 2.25.